The van der Waals surface area contributed by atoms with E-state index in [9.17, 15) is 13.2 Å². The van der Waals surface area contributed by atoms with Crippen molar-refractivity contribution in [3.63, 3.8) is 0 Å². The highest BCUT2D eigenvalue weighted by molar-refractivity contribution is 7.89. The fourth-order valence-electron chi connectivity index (χ4n) is 2.36. The number of amides is 2. The van der Waals surface area contributed by atoms with Crippen LogP contribution in [-0.4, -0.2) is 25.9 Å². The molecule has 0 aromatic heterocycles. The third-order valence-electron chi connectivity index (χ3n) is 3.73. The maximum atomic E-state index is 12.5. The fraction of sp³-hybridized carbons (Fsp3) is 0.278. The largest absolute Gasteiger partial charge is 0.338 e. The smallest absolute Gasteiger partial charge is 0.318 e. The number of halogens is 1. The van der Waals surface area contributed by atoms with Gasteiger partial charge in [0, 0.05) is 24.7 Å². The van der Waals surface area contributed by atoms with Gasteiger partial charge >= 0.3 is 6.03 Å². The first-order valence-electron chi connectivity index (χ1n) is 8.18. The number of carbonyl (C=O) groups excluding carboxylic acids is 1. The van der Waals surface area contributed by atoms with Crippen LogP contribution in [-0.2, 0) is 23.1 Å². The van der Waals surface area contributed by atoms with Crippen LogP contribution in [0, 0.1) is 0 Å². The molecule has 8 heteroatoms. The Morgan fingerprint density at radius 3 is 2.00 bits per heavy atom. The summed E-state index contributed by atoms with van der Waals surface area (Å²) >= 11 is 5.91. The van der Waals surface area contributed by atoms with E-state index in [1.165, 1.54) is 12.1 Å². The molecule has 3 N–H and O–H groups in total. The van der Waals surface area contributed by atoms with Gasteiger partial charge < -0.3 is 10.2 Å². The van der Waals surface area contributed by atoms with Crippen molar-refractivity contribution in [1.82, 2.24) is 10.2 Å². The van der Waals surface area contributed by atoms with E-state index in [1.54, 1.807) is 29.2 Å². The lowest BCUT2D eigenvalue weighted by atomic mass is 10.2. The molecule has 0 fully saturated rings. The van der Waals surface area contributed by atoms with Gasteiger partial charge in [-0.2, -0.15) is 0 Å². The van der Waals surface area contributed by atoms with E-state index in [0.29, 0.717) is 24.7 Å². The summed E-state index contributed by atoms with van der Waals surface area (Å²) in [6, 6.07) is 13.3. The quantitative estimate of drug-likeness (QED) is 0.754. The summed E-state index contributed by atoms with van der Waals surface area (Å²) in [5, 5.41) is 8.61. The highest BCUT2D eigenvalue weighted by Crippen LogP contribution is 2.15. The van der Waals surface area contributed by atoms with E-state index in [2.05, 4.69) is 5.32 Å². The molecule has 26 heavy (non-hydrogen) atoms. The van der Waals surface area contributed by atoms with Gasteiger partial charge in [-0.25, -0.2) is 18.4 Å². The maximum absolute atomic E-state index is 12.5. The van der Waals surface area contributed by atoms with E-state index < -0.39 is 10.0 Å². The van der Waals surface area contributed by atoms with Gasteiger partial charge in [-0.05, 0) is 41.8 Å². The SMILES string of the molecule is CCCNC(=O)N(Cc1ccc(Cl)cc1)Cc1ccc(S(N)(=O)=O)cc1. The zero-order valence-electron chi connectivity index (χ0n) is 14.5. The number of rotatable bonds is 7. The highest BCUT2D eigenvalue weighted by Gasteiger charge is 2.15. The van der Waals surface area contributed by atoms with E-state index >= 15 is 0 Å². The van der Waals surface area contributed by atoms with Crippen molar-refractivity contribution in [3.05, 3.63) is 64.7 Å². The van der Waals surface area contributed by atoms with Crippen LogP contribution in [0.25, 0.3) is 0 Å². The van der Waals surface area contributed by atoms with E-state index in [-0.39, 0.29) is 10.9 Å². The van der Waals surface area contributed by atoms with Crippen molar-refractivity contribution < 1.29 is 13.2 Å². The topological polar surface area (TPSA) is 92.5 Å². The second-order valence-corrected chi connectivity index (χ2v) is 7.90. The first kappa shape index (κ1) is 20.2. The molecule has 2 aromatic rings. The molecule has 2 rings (SSSR count). The summed E-state index contributed by atoms with van der Waals surface area (Å²) in [5.74, 6) is 0. The maximum Gasteiger partial charge on any atom is 0.318 e. The van der Waals surface area contributed by atoms with Crippen LogP contribution in [0.2, 0.25) is 5.02 Å². The molecule has 0 aliphatic heterocycles. The van der Waals surface area contributed by atoms with Gasteiger partial charge in [0.1, 0.15) is 0 Å². The lowest BCUT2D eigenvalue weighted by Crippen LogP contribution is -2.39. The number of hydrogen-bond acceptors (Lipinski definition) is 3. The van der Waals surface area contributed by atoms with Gasteiger partial charge in [0.2, 0.25) is 10.0 Å². The predicted molar refractivity (Wildman–Crippen MR) is 102 cm³/mol. The first-order valence-corrected chi connectivity index (χ1v) is 10.1. The number of primary sulfonamides is 1. The number of sulfonamides is 1. The van der Waals surface area contributed by atoms with Crippen LogP contribution >= 0.6 is 11.6 Å². The summed E-state index contributed by atoms with van der Waals surface area (Å²) in [6.07, 6.45) is 0.837. The molecule has 6 nitrogen and oxygen atoms in total. The van der Waals surface area contributed by atoms with Crippen molar-refractivity contribution in [1.29, 1.82) is 0 Å². The summed E-state index contributed by atoms with van der Waals surface area (Å²) in [7, 11) is -3.73. The van der Waals surface area contributed by atoms with Crippen molar-refractivity contribution in [2.45, 2.75) is 31.3 Å². The van der Waals surface area contributed by atoms with Gasteiger partial charge in [0.25, 0.3) is 0 Å². The Bertz CT molecular complexity index is 837. The average molecular weight is 396 g/mol. The number of nitrogens with zero attached hydrogens (tertiary/aromatic N) is 1. The van der Waals surface area contributed by atoms with E-state index in [4.69, 9.17) is 16.7 Å². The van der Waals surface area contributed by atoms with Crippen molar-refractivity contribution in [3.8, 4) is 0 Å². The molecule has 140 valence electrons. The molecule has 0 spiro atoms. The molecular formula is C18H22ClN3O3S. The lowest BCUT2D eigenvalue weighted by molar-refractivity contribution is 0.192. The number of carbonyl (C=O) groups is 1. The Hall–Kier alpha value is -2.09. The second kappa shape index (κ2) is 9.02. The molecule has 0 atom stereocenters. The van der Waals surface area contributed by atoms with Crippen molar-refractivity contribution in [2.24, 2.45) is 5.14 Å². The van der Waals surface area contributed by atoms with E-state index in [0.717, 1.165) is 17.5 Å². The molecule has 0 unspecified atom stereocenters. The van der Waals surface area contributed by atoms with Crippen LogP contribution in [0.3, 0.4) is 0 Å². The molecule has 0 saturated carbocycles. The van der Waals surface area contributed by atoms with Crippen LogP contribution < -0.4 is 10.5 Å². The number of hydrogen-bond donors (Lipinski definition) is 2. The van der Waals surface area contributed by atoms with Gasteiger partial charge in [0.05, 0.1) is 4.90 Å². The fourth-order valence-corrected chi connectivity index (χ4v) is 3.00. The van der Waals surface area contributed by atoms with Crippen LogP contribution in [0.1, 0.15) is 24.5 Å². The van der Waals surface area contributed by atoms with Gasteiger partial charge in [0.15, 0.2) is 0 Å². The number of nitrogens with two attached hydrogens (primary N) is 1. The molecular weight excluding hydrogens is 374 g/mol. The summed E-state index contributed by atoms with van der Waals surface area (Å²) in [5.41, 5.74) is 1.75. The van der Waals surface area contributed by atoms with Crippen LogP contribution in [0.4, 0.5) is 4.79 Å². The second-order valence-electron chi connectivity index (χ2n) is 5.90. The number of benzene rings is 2. The van der Waals surface area contributed by atoms with Gasteiger partial charge in [-0.15, -0.1) is 0 Å². The van der Waals surface area contributed by atoms with E-state index in [1.807, 2.05) is 19.1 Å². The number of nitrogens with one attached hydrogen (secondary N) is 1. The molecule has 0 bridgehead atoms. The Labute approximate surface area is 159 Å². The van der Waals surface area contributed by atoms with Gasteiger partial charge in [-0.1, -0.05) is 42.8 Å². The third kappa shape index (κ3) is 6.01. The molecule has 0 radical (unpaired) electrons. The minimum atomic E-state index is -3.73. The average Bonchev–Trinajstić information content (AvgIpc) is 2.60. The summed E-state index contributed by atoms with van der Waals surface area (Å²) < 4.78 is 22.7. The van der Waals surface area contributed by atoms with Crippen LogP contribution in [0.5, 0.6) is 0 Å². The normalized spacial score (nSPS) is 11.2. The zero-order chi connectivity index (χ0) is 19.2. The molecule has 0 saturated heterocycles. The third-order valence-corrected chi connectivity index (χ3v) is 4.91. The number of urea groups is 1. The highest BCUT2D eigenvalue weighted by atomic mass is 35.5. The minimum absolute atomic E-state index is 0.0425. The summed E-state index contributed by atoms with van der Waals surface area (Å²) in [6.45, 7) is 3.31. The molecule has 0 aliphatic rings. The molecule has 0 heterocycles. The predicted octanol–water partition coefficient (Wildman–Crippen LogP) is 3.11. The molecule has 2 aromatic carbocycles. The minimum Gasteiger partial charge on any atom is -0.338 e. The van der Waals surface area contributed by atoms with Crippen molar-refractivity contribution in [2.75, 3.05) is 6.54 Å². The Balaban J connectivity index is 2.17. The van der Waals surface area contributed by atoms with Crippen molar-refractivity contribution >= 4 is 27.7 Å². The molecule has 0 aliphatic carbocycles. The Kier molecular flexibility index (Phi) is 7.02. The Morgan fingerprint density at radius 1 is 1.04 bits per heavy atom. The summed E-state index contributed by atoms with van der Waals surface area (Å²) in [4.78, 5) is 14.2. The van der Waals surface area contributed by atoms with Gasteiger partial charge in [-0.3, -0.25) is 0 Å². The monoisotopic (exact) mass is 395 g/mol. The lowest BCUT2D eigenvalue weighted by Gasteiger charge is -2.23. The Morgan fingerprint density at radius 2 is 1.54 bits per heavy atom. The first-order chi connectivity index (χ1) is 12.3. The zero-order valence-corrected chi connectivity index (χ0v) is 16.1. The molecule has 2 amide bonds. The van der Waals surface area contributed by atoms with Crippen LogP contribution in [0.15, 0.2) is 53.4 Å². The standard InChI is InChI=1S/C18H22ClN3O3S/c1-2-11-21-18(23)22(12-14-3-7-16(19)8-4-14)13-15-5-9-17(10-6-15)26(20,24)25/h3-10H,2,11-13H2,1H3,(H,21,23)(H2,20,24,25).